The van der Waals surface area contributed by atoms with Crippen LogP contribution in [0.2, 0.25) is 0 Å². The summed E-state index contributed by atoms with van der Waals surface area (Å²) in [5, 5.41) is 13.4. The summed E-state index contributed by atoms with van der Waals surface area (Å²) in [7, 11) is 1.68. The summed E-state index contributed by atoms with van der Waals surface area (Å²) in [4.78, 5) is 12.4. The lowest BCUT2D eigenvalue weighted by Crippen LogP contribution is -2.41. The summed E-state index contributed by atoms with van der Waals surface area (Å²) < 4.78 is 7.21. The van der Waals surface area contributed by atoms with Crippen LogP contribution >= 0.6 is 0 Å². The SMILES string of the molecule is CCC(C)C(CO)NC(=O)c1ccc2c(ccn2CCOC)c1. The number of aliphatic hydroxyl groups excluding tert-OH is 1. The Morgan fingerprint density at radius 1 is 1.39 bits per heavy atom. The number of hydrogen-bond donors (Lipinski definition) is 2. The Balaban J connectivity index is 2.15. The molecular weight excluding hydrogens is 292 g/mol. The molecule has 0 fully saturated rings. The van der Waals surface area contributed by atoms with Crippen LogP contribution in [-0.4, -0.2) is 41.9 Å². The van der Waals surface area contributed by atoms with Gasteiger partial charge in [0.2, 0.25) is 0 Å². The molecule has 1 aromatic carbocycles. The van der Waals surface area contributed by atoms with E-state index in [1.54, 1.807) is 7.11 Å². The number of amides is 1. The van der Waals surface area contributed by atoms with E-state index in [0.717, 1.165) is 23.9 Å². The molecule has 2 aromatic rings. The second-order valence-electron chi connectivity index (χ2n) is 5.92. The zero-order valence-corrected chi connectivity index (χ0v) is 14.1. The van der Waals surface area contributed by atoms with E-state index in [4.69, 9.17) is 4.74 Å². The van der Waals surface area contributed by atoms with E-state index >= 15 is 0 Å². The molecule has 2 rings (SSSR count). The lowest BCUT2D eigenvalue weighted by Gasteiger charge is -2.22. The first-order chi connectivity index (χ1) is 11.1. The molecule has 1 heterocycles. The Morgan fingerprint density at radius 2 is 2.17 bits per heavy atom. The van der Waals surface area contributed by atoms with Crippen LogP contribution in [0.15, 0.2) is 30.5 Å². The van der Waals surface area contributed by atoms with Gasteiger partial charge in [-0.05, 0) is 30.2 Å². The Labute approximate surface area is 137 Å². The van der Waals surface area contributed by atoms with Gasteiger partial charge in [-0.25, -0.2) is 0 Å². The van der Waals surface area contributed by atoms with E-state index in [0.29, 0.717) is 12.2 Å². The summed E-state index contributed by atoms with van der Waals surface area (Å²) in [5.74, 6) is 0.0960. The third-order valence-corrected chi connectivity index (χ3v) is 4.41. The van der Waals surface area contributed by atoms with Crippen LogP contribution in [0.25, 0.3) is 10.9 Å². The van der Waals surface area contributed by atoms with Crippen LogP contribution in [0.5, 0.6) is 0 Å². The molecule has 23 heavy (non-hydrogen) atoms. The lowest BCUT2D eigenvalue weighted by molar-refractivity contribution is 0.0891. The number of carbonyl (C=O) groups excluding carboxylic acids is 1. The average Bonchev–Trinajstić information content (AvgIpc) is 2.99. The van der Waals surface area contributed by atoms with E-state index in [9.17, 15) is 9.90 Å². The van der Waals surface area contributed by atoms with Crippen molar-refractivity contribution in [1.82, 2.24) is 9.88 Å². The minimum atomic E-state index is -0.213. The van der Waals surface area contributed by atoms with Crippen LogP contribution < -0.4 is 5.32 Å². The summed E-state index contributed by atoms with van der Waals surface area (Å²) >= 11 is 0. The number of hydrogen-bond acceptors (Lipinski definition) is 3. The minimum absolute atomic E-state index is 0.0453. The molecule has 5 nitrogen and oxygen atoms in total. The number of fused-ring (bicyclic) bond motifs is 1. The van der Waals surface area contributed by atoms with Gasteiger partial charge < -0.3 is 19.7 Å². The minimum Gasteiger partial charge on any atom is -0.394 e. The van der Waals surface area contributed by atoms with Crippen molar-refractivity contribution in [1.29, 1.82) is 0 Å². The molecule has 0 bridgehead atoms. The number of ether oxygens (including phenoxy) is 1. The monoisotopic (exact) mass is 318 g/mol. The molecule has 1 aromatic heterocycles. The maximum absolute atomic E-state index is 12.4. The van der Waals surface area contributed by atoms with E-state index < -0.39 is 0 Å². The molecule has 2 unspecified atom stereocenters. The molecule has 0 spiro atoms. The third kappa shape index (κ3) is 4.12. The average molecular weight is 318 g/mol. The second-order valence-corrected chi connectivity index (χ2v) is 5.92. The predicted octanol–water partition coefficient (Wildman–Crippen LogP) is 2.42. The van der Waals surface area contributed by atoms with Gasteiger partial charge in [0.05, 0.1) is 19.3 Å². The smallest absolute Gasteiger partial charge is 0.251 e. The van der Waals surface area contributed by atoms with Crippen molar-refractivity contribution in [2.45, 2.75) is 32.9 Å². The molecule has 0 radical (unpaired) electrons. The normalized spacial score (nSPS) is 13.9. The van der Waals surface area contributed by atoms with E-state index in [-0.39, 0.29) is 24.5 Å². The fraction of sp³-hybridized carbons (Fsp3) is 0.500. The standard InChI is InChI=1S/C18H26N2O3/c1-4-13(2)16(12-21)19-18(22)15-5-6-17-14(11-15)7-8-20(17)9-10-23-3/h5-8,11,13,16,21H,4,9-10,12H2,1-3H3,(H,19,22). The van der Waals surface area contributed by atoms with Crippen LogP contribution in [-0.2, 0) is 11.3 Å². The van der Waals surface area contributed by atoms with Crippen LogP contribution in [0.4, 0.5) is 0 Å². The van der Waals surface area contributed by atoms with Crippen LogP contribution in [0.3, 0.4) is 0 Å². The van der Waals surface area contributed by atoms with Crippen molar-refractivity contribution in [3.63, 3.8) is 0 Å². The largest absolute Gasteiger partial charge is 0.394 e. The Hall–Kier alpha value is -1.85. The highest BCUT2D eigenvalue weighted by molar-refractivity contribution is 5.98. The summed E-state index contributed by atoms with van der Waals surface area (Å²) in [5.41, 5.74) is 1.70. The molecule has 126 valence electrons. The van der Waals surface area contributed by atoms with Gasteiger partial charge in [-0.1, -0.05) is 20.3 Å². The Bertz CT molecular complexity index is 651. The van der Waals surface area contributed by atoms with Crippen molar-refractivity contribution in [3.8, 4) is 0 Å². The number of nitrogens with zero attached hydrogens (tertiary/aromatic N) is 1. The zero-order chi connectivity index (χ0) is 16.8. The third-order valence-electron chi connectivity index (χ3n) is 4.41. The molecule has 0 aliphatic heterocycles. The van der Waals surface area contributed by atoms with Crippen LogP contribution in [0, 0.1) is 5.92 Å². The van der Waals surface area contributed by atoms with Gasteiger partial charge in [0, 0.05) is 36.3 Å². The number of aromatic nitrogens is 1. The van der Waals surface area contributed by atoms with Crippen molar-refractivity contribution in [2.24, 2.45) is 5.92 Å². The molecule has 0 saturated carbocycles. The van der Waals surface area contributed by atoms with Crippen molar-refractivity contribution >= 4 is 16.8 Å². The summed E-state index contributed by atoms with van der Waals surface area (Å²) in [6, 6.07) is 7.46. The molecule has 2 atom stereocenters. The number of benzene rings is 1. The number of aliphatic hydroxyl groups is 1. The number of nitrogens with one attached hydrogen (secondary N) is 1. The number of carbonyl (C=O) groups is 1. The fourth-order valence-corrected chi connectivity index (χ4v) is 2.63. The quantitative estimate of drug-likeness (QED) is 0.786. The molecule has 0 saturated heterocycles. The molecule has 2 N–H and O–H groups in total. The van der Waals surface area contributed by atoms with Gasteiger partial charge in [0.1, 0.15) is 0 Å². The highest BCUT2D eigenvalue weighted by Crippen LogP contribution is 2.18. The Kier molecular flexibility index (Phi) is 6.19. The number of rotatable bonds is 8. The first kappa shape index (κ1) is 17.5. The predicted molar refractivity (Wildman–Crippen MR) is 91.6 cm³/mol. The topological polar surface area (TPSA) is 63.5 Å². The maximum atomic E-state index is 12.4. The molecule has 5 heteroatoms. The number of methoxy groups -OCH3 is 1. The zero-order valence-electron chi connectivity index (χ0n) is 14.1. The van der Waals surface area contributed by atoms with Crippen molar-refractivity contribution < 1.29 is 14.6 Å². The lowest BCUT2D eigenvalue weighted by atomic mass is 9.99. The summed E-state index contributed by atoms with van der Waals surface area (Å²) in [6.07, 6.45) is 2.91. The fourth-order valence-electron chi connectivity index (χ4n) is 2.63. The molecular formula is C18H26N2O3. The van der Waals surface area contributed by atoms with Crippen molar-refractivity contribution in [3.05, 3.63) is 36.0 Å². The van der Waals surface area contributed by atoms with Gasteiger partial charge in [0.25, 0.3) is 5.91 Å². The highest BCUT2D eigenvalue weighted by atomic mass is 16.5. The van der Waals surface area contributed by atoms with E-state index in [2.05, 4.69) is 9.88 Å². The first-order valence-electron chi connectivity index (χ1n) is 8.10. The molecule has 0 aliphatic rings. The van der Waals surface area contributed by atoms with Gasteiger partial charge in [-0.2, -0.15) is 0 Å². The maximum Gasteiger partial charge on any atom is 0.251 e. The van der Waals surface area contributed by atoms with E-state index in [1.807, 2.05) is 44.3 Å². The van der Waals surface area contributed by atoms with Gasteiger partial charge >= 0.3 is 0 Å². The molecule has 1 amide bonds. The Morgan fingerprint density at radius 3 is 2.83 bits per heavy atom. The van der Waals surface area contributed by atoms with Crippen LogP contribution in [0.1, 0.15) is 30.6 Å². The van der Waals surface area contributed by atoms with Crippen molar-refractivity contribution in [2.75, 3.05) is 20.3 Å². The first-order valence-corrected chi connectivity index (χ1v) is 8.10. The van der Waals surface area contributed by atoms with Gasteiger partial charge in [-0.3, -0.25) is 4.79 Å². The second kappa shape index (κ2) is 8.13. The highest BCUT2D eigenvalue weighted by Gasteiger charge is 2.18. The van der Waals surface area contributed by atoms with E-state index in [1.165, 1.54) is 0 Å². The summed E-state index contributed by atoms with van der Waals surface area (Å²) in [6.45, 7) is 5.47. The van der Waals surface area contributed by atoms with Gasteiger partial charge in [-0.15, -0.1) is 0 Å². The van der Waals surface area contributed by atoms with Gasteiger partial charge in [0.15, 0.2) is 0 Å². The molecule has 0 aliphatic carbocycles.